The Morgan fingerprint density at radius 1 is 1.22 bits per heavy atom. The summed E-state index contributed by atoms with van der Waals surface area (Å²) >= 11 is 12.2. The van der Waals surface area contributed by atoms with Crippen LogP contribution in [0.2, 0.25) is 0 Å². The second-order valence-electron chi connectivity index (χ2n) is 4.33. The van der Waals surface area contributed by atoms with Gasteiger partial charge in [0.2, 0.25) is 5.78 Å². The standard InChI is InChI=1S/C13H8Cl2O3/c14-7-5-6-3-4-13(15,12(7)18)11-9(17)2-1-8(16)10(6)11/h1-6,16-17H. The first-order valence-electron chi connectivity index (χ1n) is 5.31. The Hall–Kier alpha value is -1.45. The van der Waals surface area contributed by atoms with Gasteiger partial charge in [-0.25, -0.2) is 0 Å². The van der Waals surface area contributed by atoms with Gasteiger partial charge in [0.1, 0.15) is 11.5 Å². The molecule has 0 amide bonds. The van der Waals surface area contributed by atoms with Crippen LogP contribution in [0.3, 0.4) is 0 Å². The summed E-state index contributed by atoms with van der Waals surface area (Å²) in [6.07, 6.45) is 4.73. The van der Waals surface area contributed by atoms with Gasteiger partial charge in [-0.2, -0.15) is 0 Å². The summed E-state index contributed by atoms with van der Waals surface area (Å²) in [5.41, 5.74) is 0.644. The number of rotatable bonds is 0. The van der Waals surface area contributed by atoms with Crippen molar-refractivity contribution in [3.05, 3.63) is 46.5 Å². The Balaban J connectivity index is 2.44. The molecule has 3 aliphatic rings. The molecular formula is C13H8Cl2O3. The number of hydrogen-bond donors (Lipinski definition) is 2. The highest BCUT2D eigenvalue weighted by atomic mass is 35.5. The van der Waals surface area contributed by atoms with Crippen molar-refractivity contribution in [2.45, 2.75) is 10.8 Å². The number of phenols is 2. The number of fused-ring (bicyclic) bond motifs is 1. The number of carbonyl (C=O) groups excluding carboxylic acids is 1. The van der Waals surface area contributed by atoms with Crippen molar-refractivity contribution < 1.29 is 15.0 Å². The molecule has 0 heterocycles. The molecule has 2 unspecified atom stereocenters. The molecule has 2 bridgehead atoms. The van der Waals surface area contributed by atoms with Gasteiger partial charge in [0.05, 0.1) is 5.03 Å². The number of Topliss-reactive ketones (excluding diaryl/α,β-unsaturated/α-hetero) is 1. The summed E-state index contributed by atoms with van der Waals surface area (Å²) < 4.78 is 0. The van der Waals surface area contributed by atoms with E-state index in [2.05, 4.69) is 0 Å². The Bertz CT molecular complexity index is 633. The molecule has 0 radical (unpaired) electrons. The minimum absolute atomic E-state index is 0.00926. The van der Waals surface area contributed by atoms with Crippen molar-refractivity contribution in [1.82, 2.24) is 0 Å². The molecule has 0 aromatic heterocycles. The number of phenolic OH excluding ortho intramolecular Hbond substituents is 2. The van der Waals surface area contributed by atoms with Crippen molar-refractivity contribution in [2.24, 2.45) is 0 Å². The summed E-state index contributed by atoms with van der Waals surface area (Å²) in [7, 11) is 0. The summed E-state index contributed by atoms with van der Waals surface area (Å²) in [6.45, 7) is 0. The quantitative estimate of drug-likeness (QED) is 0.437. The van der Waals surface area contributed by atoms with Gasteiger partial charge in [0, 0.05) is 17.0 Å². The highest BCUT2D eigenvalue weighted by Crippen LogP contribution is 2.53. The van der Waals surface area contributed by atoms with E-state index in [9.17, 15) is 15.0 Å². The molecule has 5 heteroatoms. The van der Waals surface area contributed by atoms with Gasteiger partial charge in [-0.15, -0.1) is 11.6 Å². The first-order chi connectivity index (χ1) is 8.45. The molecule has 92 valence electrons. The van der Waals surface area contributed by atoms with E-state index < -0.39 is 10.7 Å². The molecule has 0 aliphatic heterocycles. The molecule has 18 heavy (non-hydrogen) atoms. The largest absolute Gasteiger partial charge is 0.508 e. The van der Waals surface area contributed by atoms with Crippen molar-refractivity contribution in [3.8, 4) is 11.5 Å². The van der Waals surface area contributed by atoms with Crippen LogP contribution in [0.15, 0.2) is 35.4 Å². The Kier molecular flexibility index (Phi) is 2.28. The maximum atomic E-state index is 12.2. The lowest BCUT2D eigenvalue weighted by Crippen LogP contribution is -2.29. The van der Waals surface area contributed by atoms with Crippen LogP contribution in [-0.4, -0.2) is 16.0 Å². The van der Waals surface area contributed by atoms with Gasteiger partial charge in [-0.05, 0) is 12.1 Å². The topological polar surface area (TPSA) is 57.5 Å². The van der Waals surface area contributed by atoms with Gasteiger partial charge in [0.15, 0.2) is 4.87 Å². The summed E-state index contributed by atoms with van der Waals surface area (Å²) in [6, 6.07) is 2.68. The van der Waals surface area contributed by atoms with E-state index in [1.54, 1.807) is 6.08 Å². The predicted molar refractivity (Wildman–Crippen MR) is 68.1 cm³/mol. The van der Waals surface area contributed by atoms with Gasteiger partial charge in [-0.1, -0.05) is 29.8 Å². The highest BCUT2D eigenvalue weighted by molar-refractivity contribution is 6.51. The zero-order valence-electron chi connectivity index (χ0n) is 9.02. The number of alkyl halides is 1. The minimum Gasteiger partial charge on any atom is -0.508 e. The van der Waals surface area contributed by atoms with E-state index in [1.165, 1.54) is 24.3 Å². The number of hydrogen-bond acceptors (Lipinski definition) is 3. The molecule has 1 aromatic carbocycles. The Morgan fingerprint density at radius 3 is 2.61 bits per heavy atom. The molecular weight excluding hydrogens is 275 g/mol. The summed E-state index contributed by atoms with van der Waals surface area (Å²) in [4.78, 5) is 10.6. The second-order valence-corrected chi connectivity index (χ2v) is 5.34. The van der Waals surface area contributed by atoms with E-state index >= 15 is 0 Å². The third-order valence-electron chi connectivity index (χ3n) is 3.30. The molecule has 1 aromatic rings. The lowest BCUT2D eigenvalue weighted by Gasteiger charge is -2.29. The van der Waals surface area contributed by atoms with Crippen molar-refractivity contribution in [2.75, 3.05) is 0 Å². The first-order valence-corrected chi connectivity index (χ1v) is 6.06. The lowest BCUT2D eigenvalue weighted by molar-refractivity contribution is -0.116. The SMILES string of the molecule is O=C1C(Cl)=CC2C=CC1(Cl)c1c(O)ccc(O)c12. The molecule has 4 rings (SSSR count). The van der Waals surface area contributed by atoms with E-state index in [-0.39, 0.29) is 28.0 Å². The Labute approximate surface area is 113 Å². The monoisotopic (exact) mass is 282 g/mol. The van der Waals surface area contributed by atoms with Gasteiger partial charge in [0.25, 0.3) is 0 Å². The molecule has 0 fully saturated rings. The smallest absolute Gasteiger partial charge is 0.203 e. The van der Waals surface area contributed by atoms with Crippen LogP contribution in [0.1, 0.15) is 17.0 Å². The van der Waals surface area contributed by atoms with Gasteiger partial charge in [-0.3, -0.25) is 4.79 Å². The fourth-order valence-corrected chi connectivity index (χ4v) is 3.17. The molecule has 3 aliphatic carbocycles. The van der Waals surface area contributed by atoms with Crippen LogP contribution >= 0.6 is 23.2 Å². The number of benzene rings is 1. The maximum absolute atomic E-state index is 12.2. The highest BCUT2D eigenvalue weighted by Gasteiger charge is 2.47. The minimum atomic E-state index is -1.54. The van der Waals surface area contributed by atoms with Crippen molar-refractivity contribution in [1.29, 1.82) is 0 Å². The van der Waals surface area contributed by atoms with E-state index in [1.807, 2.05) is 0 Å². The molecule has 0 spiro atoms. The first kappa shape index (κ1) is 11.6. The molecule has 3 nitrogen and oxygen atoms in total. The third-order valence-corrected chi connectivity index (χ3v) is 4.09. The fourth-order valence-electron chi connectivity index (χ4n) is 2.47. The van der Waals surface area contributed by atoms with Crippen molar-refractivity contribution in [3.63, 3.8) is 0 Å². The average molecular weight is 283 g/mol. The normalized spacial score (nSPS) is 28.9. The van der Waals surface area contributed by atoms with Crippen LogP contribution in [0.5, 0.6) is 11.5 Å². The fraction of sp³-hybridized carbons (Fsp3) is 0.154. The van der Waals surface area contributed by atoms with Crippen LogP contribution in [0.4, 0.5) is 0 Å². The molecule has 0 saturated carbocycles. The molecule has 2 atom stereocenters. The lowest BCUT2D eigenvalue weighted by atomic mass is 9.81. The van der Waals surface area contributed by atoms with E-state index in [0.29, 0.717) is 5.56 Å². The Morgan fingerprint density at radius 2 is 1.89 bits per heavy atom. The van der Waals surface area contributed by atoms with E-state index in [0.717, 1.165) is 0 Å². The van der Waals surface area contributed by atoms with Gasteiger partial charge < -0.3 is 10.2 Å². The predicted octanol–water partition coefficient (Wildman–Crippen LogP) is 2.89. The van der Waals surface area contributed by atoms with E-state index in [4.69, 9.17) is 23.2 Å². The third kappa shape index (κ3) is 1.29. The molecule has 2 N–H and O–H groups in total. The summed E-state index contributed by atoms with van der Waals surface area (Å²) in [5, 5.41) is 19.9. The number of halogens is 2. The van der Waals surface area contributed by atoms with Crippen LogP contribution < -0.4 is 0 Å². The van der Waals surface area contributed by atoms with Crippen LogP contribution in [0, 0.1) is 0 Å². The number of carbonyl (C=O) groups is 1. The average Bonchev–Trinajstić information content (AvgIpc) is 2.49. The zero-order chi connectivity index (χ0) is 13.1. The molecule has 0 saturated heterocycles. The number of allylic oxidation sites excluding steroid dienone is 4. The zero-order valence-corrected chi connectivity index (χ0v) is 10.5. The van der Waals surface area contributed by atoms with Gasteiger partial charge >= 0.3 is 0 Å². The number of ketones is 1. The van der Waals surface area contributed by atoms with Crippen LogP contribution in [0.25, 0.3) is 0 Å². The second kappa shape index (κ2) is 3.53. The summed E-state index contributed by atoms with van der Waals surface area (Å²) in [5.74, 6) is -1.000. The maximum Gasteiger partial charge on any atom is 0.203 e. The van der Waals surface area contributed by atoms with Crippen molar-refractivity contribution >= 4 is 29.0 Å². The number of aromatic hydroxyl groups is 2. The van der Waals surface area contributed by atoms with Crippen LogP contribution in [-0.2, 0) is 9.67 Å².